The maximum Gasteiger partial charge on any atom is 0.227 e. The van der Waals surface area contributed by atoms with Crippen molar-refractivity contribution in [2.75, 3.05) is 47.8 Å². The first-order valence-electron chi connectivity index (χ1n) is 9.15. The summed E-state index contributed by atoms with van der Waals surface area (Å²) >= 11 is 0. The van der Waals surface area contributed by atoms with Crippen LogP contribution in [-0.2, 0) is 0 Å². The summed E-state index contributed by atoms with van der Waals surface area (Å²) in [5.41, 5.74) is 1.07. The molecule has 132 valence electrons. The molecule has 1 saturated heterocycles. The lowest BCUT2D eigenvalue weighted by molar-refractivity contribution is 0.632. The predicted molar refractivity (Wildman–Crippen MR) is 99.4 cm³/mol. The van der Waals surface area contributed by atoms with E-state index in [1.54, 1.807) is 0 Å². The van der Waals surface area contributed by atoms with Crippen LogP contribution in [0.1, 0.15) is 37.2 Å². The van der Waals surface area contributed by atoms with Gasteiger partial charge in [-0.05, 0) is 32.8 Å². The number of piperazine rings is 1. The lowest BCUT2D eigenvalue weighted by Crippen LogP contribution is -2.47. The molecule has 2 aromatic rings. The van der Waals surface area contributed by atoms with E-state index in [0.29, 0.717) is 5.92 Å². The lowest BCUT2D eigenvalue weighted by atomic mass is 10.3. The van der Waals surface area contributed by atoms with Gasteiger partial charge in [0.2, 0.25) is 5.95 Å². The fourth-order valence-electron chi connectivity index (χ4n) is 3.18. The Bertz CT molecular complexity index is 736. The van der Waals surface area contributed by atoms with Gasteiger partial charge in [-0.2, -0.15) is 4.98 Å². The normalized spacial score (nSPS) is 17.7. The molecule has 0 radical (unpaired) electrons. The second kappa shape index (κ2) is 6.82. The van der Waals surface area contributed by atoms with Gasteiger partial charge in [-0.15, -0.1) is 0 Å². The molecule has 7 heteroatoms. The molecule has 0 unspecified atom stereocenters. The molecule has 2 aliphatic rings. The second-order valence-electron chi connectivity index (χ2n) is 6.75. The fraction of sp³-hybridized carbons (Fsp3) is 0.556. The molecule has 1 saturated carbocycles. The maximum absolute atomic E-state index is 4.81. The van der Waals surface area contributed by atoms with Crippen LogP contribution in [0.4, 0.5) is 17.6 Å². The Morgan fingerprint density at radius 2 is 1.84 bits per heavy atom. The van der Waals surface area contributed by atoms with Crippen LogP contribution >= 0.6 is 0 Å². The molecule has 0 amide bonds. The first kappa shape index (κ1) is 16.1. The zero-order chi connectivity index (χ0) is 17.2. The molecule has 3 heterocycles. The van der Waals surface area contributed by atoms with E-state index in [9.17, 15) is 0 Å². The van der Waals surface area contributed by atoms with E-state index in [2.05, 4.69) is 50.0 Å². The van der Waals surface area contributed by atoms with E-state index in [0.717, 1.165) is 61.8 Å². The number of nitrogens with one attached hydrogen (secondary N) is 1. The van der Waals surface area contributed by atoms with Crippen molar-refractivity contribution < 1.29 is 0 Å². The van der Waals surface area contributed by atoms with E-state index in [1.165, 1.54) is 12.8 Å². The zero-order valence-corrected chi connectivity index (χ0v) is 14.9. The molecule has 1 aliphatic heterocycles. The first-order valence-corrected chi connectivity index (χ1v) is 9.15. The average Bonchev–Trinajstić information content (AvgIpc) is 3.47. The Balaban J connectivity index is 1.44. The number of anilines is 3. The summed E-state index contributed by atoms with van der Waals surface area (Å²) in [6.07, 6.45) is 4.29. The van der Waals surface area contributed by atoms with Gasteiger partial charge in [-0.3, -0.25) is 0 Å². The highest BCUT2D eigenvalue weighted by Gasteiger charge is 2.28. The third-order valence-corrected chi connectivity index (χ3v) is 4.69. The van der Waals surface area contributed by atoms with Gasteiger partial charge < -0.3 is 15.1 Å². The third-order valence-electron chi connectivity index (χ3n) is 4.69. The molecular formula is C18H25N7. The monoisotopic (exact) mass is 339 g/mol. The van der Waals surface area contributed by atoms with E-state index >= 15 is 0 Å². The van der Waals surface area contributed by atoms with Crippen LogP contribution in [0.15, 0.2) is 18.3 Å². The maximum atomic E-state index is 4.81. The minimum atomic E-state index is 0.585. The van der Waals surface area contributed by atoms with Crippen LogP contribution in [-0.4, -0.2) is 52.7 Å². The Labute approximate surface area is 148 Å². The first-order chi connectivity index (χ1) is 12.2. The molecule has 4 rings (SSSR count). The summed E-state index contributed by atoms with van der Waals surface area (Å²) in [5, 5.41) is 3.25. The molecule has 0 bridgehead atoms. The summed E-state index contributed by atoms with van der Waals surface area (Å²) in [4.78, 5) is 23.0. The SMILES string of the molecule is CCNc1ccnc(N2CCN(c3cc(C)nc(C4CC4)n3)CC2)n1. The molecular weight excluding hydrogens is 314 g/mol. The molecule has 0 atom stereocenters. The summed E-state index contributed by atoms with van der Waals surface area (Å²) in [7, 11) is 0. The molecule has 2 fully saturated rings. The van der Waals surface area contributed by atoms with Gasteiger partial charge in [0, 0.05) is 56.6 Å². The van der Waals surface area contributed by atoms with Crippen molar-refractivity contribution in [3.63, 3.8) is 0 Å². The Morgan fingerprint density at radius 1 is 1.08 bits per heavy atom. The largest absolute Gasteiger partial charge is 0.370 e. The highest BCUT2D eigenvalue weighted by Crippen LogP contribution is 2.38. The van der Waals surface area contributed by atoms with Crippen molar-refractivity contribution in [2.45, 2.75) is 32.6 Å². The number of aryl methyl sites for hydroxylation is 1. The van der Waals surface area contributed by atoms with Crippen LogP contribution in [0, 0.1) is 6.92 Å². The van der Waals surface area contributed by atoms with Crippen molar-refractivity contribution in [2.24, 2.45) is 0 Å². The lowest BCUT2D eigenvalue weighted by Gasteiger charge is -2.35. The van der Waals surface area contributed by atoms with E-state index < -0.39 is 0 Å². The minimum absolute atomic E-state index is 0.585. The van der Waals surface area contributed by atoms with E-state index in [4.69, 9.17) is 4.98 Å². The Morgan fingerprint density at radius 3 is 2.56 bits per heavy atom. The predicted octanol–water partition coefficient (Wildman–Crippen LogP) is 2.21. The minimum Gasteiger partial charge on any atom is -0.370 e. The molecule has 7 nitrogen and oxygen atoms in total. The van der Waals surface area contributed by atoms with Crippen LogP contribution < -0.4 is 15.1 Å². The number of hydrogen-bond acceptors (Lipinski definition) is 7. The molecule has 25 heavy (non-hydrogen) atoms. The van der Waals surface area contributed by atoms with Crippen molar-refractivity contribution in [1.82, 2.24) is 19.9 Å². The highest BCUT2D eigenvalue weighted by atomic mass is 15.3. The van der Waals surface area contributed by atoms with Gasteiger partial charge in [0.05, 0.1) is 0 Å². The van der Waals surface area contributed by atoms with Crippen molar-refractivity contribution >= 4 is 17.6 Å². The third kappa shape index (κ3) is 3.65. The molecule has 1 N–H and O–H groups in total. The van der Waals surface area contributed by atoms with Gasteiger partial charge in [0.1, 0.15) is 17.5 Å². The molecule has 0 spiro atoms. The summed E-state index contributed by atoms with van der Waals surface area (Å²) in [6.45, 7) is 8.65. The number of aromatic nitrogens is 4. The van der Waals surface area contributed by atoms with Gasteiger partial charge in [0.15, 0.2) is 0 Å². The van der Waals surface area contributed by atoms with Crippen LogP contribution in [0.25, 0.3) is 0 Å². The van der Waals surface area contributed by atoms with E-state index in [1.807, 2.05) is 12.3 Å². The molecule has 2 aromatic heterocycles. The summed E-state index contributed by atoms with van der Waals surface area (Å²) in [6, 6.07) is 4.01. The highest BCUT2D eigenvalue weighted by molar-refractivity contribution is 5.45. The number of nitrogens with zero attached hydrogens (tertiary/aromatic N) is 6. The van der Waals surface area contributed by atoms with Crippen molar-refractivity contribution in [3.8, 4) is 0 Å². The van der Waals surface area contributed by atoms with Gasteiger partial charge in [-0.1, -0.05) is 0 Å². The van der Waals surface area contributed by atoms with E-state index in [-0.39, 0.29) is 0 Å². The van der Waals surface area contributed by atoms with Crippen LogP contribution in [0.5, 0.6) is 0 Å². The number of hydrogen-bond donors (Lipinski definition) is 1. The smallest absolute Gasteiger partial charge is 0.227 e. The molecule has 1 aliphatic carbocycles. The zero-order valence-electron chi connectivity index (χ0n) is 14.9. The topological polar surface area (TPSA) is 70.1 Å². The van der Waals surface area contributed by atoms with Gasteiger partial charge in [0.25, 0.3) is 0 Å². The van der Waals surface area contributed by atoms with Crippen molar-refractivity contribution in [1.29, 1.82) is 0 Å². The fourth-order valence-corrected chi connectivity index (χ4v) is 3.18. The van der Waals surface area contributed by atoms with Crippen molar-refractivity contribution in [3.05, 3.63) is 29.8 Å². The van der Waals surface area contributed by atoms with Gasteiger partial charge in [-0.25, -0.2) is 15.0 Å². The van der Waals surface area contributed by atoms with Crippen LogP contribution in [0.2, 0.25) is 0 Å². The summed E-state index contributed by atoms with van der Waals surface area (Å²) < 4.78 is 0. The average molecular weight is 339 g/mol. The second-order valence-corrected chi connectivity index (χ2v) is 6.75. The standard InChI is InChI=1S/C18H25N7/c1-3-19-15-6-7-20-18(22-15)25-10-8-24(9-11-25)16-12-13(2)21-17(23-16)14-4-5-14/h6-7,12,14H,3-5,8-11H2,1-2H3,(H,19,20,22). The Hall–Kier alpha value is -2.44. The number of rotatable bonds is 5. The van der Waals surface area contributed by atoms with Crippen LogP contribution in [0.3, 0.4) is 0 Å². The van der Waals surface area contributed by atoms with Gasteiger partial charge >= 0.3 is 0 Å². The summed E-state index contributed by atoms with van der Waals surface area (Å²) in [5.74, 6) is 4.36. The molecule has 0 aromatic carbocycles. The Kier molecular flexibility index (Phi) is 4.38. The quantitative estimate of drug-likeness (QED) is 0.895.